The number of hydrogen-bond acceptors (Lipinski definition) is 5. The van der Waals surface area contributed by atoms with Crippen molar-refractivity contribution in [2.45, 2.75) is 52.6 Å². The maximum absolute atomic E-state index is 11.9. The van der Waals surface area contributed by atoms with Crippen LogP contribution in [0, 0.1) is 0 Å². The number of amides is 1. The summed E-state index contributed by atoms with van der Waals surface area (Å²) in [5, 5.41) is 6.79. The van der Waals surface area contributed by atoms with Gasteiger partial charge in [0.2, 0.25) is 0 Å². The molecule has 31 heavy (non-hydrogen) atoms. The van der Waals surface area contributed by atoms with Crippen LogP contribution in [0.4, 0.5) is 4.79 Å². The van der Waals surface area contributed by atoms with E-state index in [1.165, 1.54) is 0 Å². The van der Waals surface area contributed by atoms with Crippen LogP contribution in [0.1, 0.15) is 45.6 Å². The van der Waals surface area contributed by atoms with Gasteiger partial charge in [0.25, 0.3) is 0 Å². The average Bonchev–Trinajstić information content (AvgIpc) is 2.77. The number of ether oxygens (including phenoxy) is 3. The van der Waals surface area contributed by atoms with E-state index in [9.17, 15) is 4.79 Å². The maximum atomic E-state index is 11.9. The lowest BCUT2D eigenvalue weighted by atomic mass is 10.1. The zero-order chi connectivity index (χ0) is 21.8. The Balaban J connectivity index is 0.00000480. The Hall–Kier alpha value is -1.91. The minimum absolute atomic E-state index is 0. The van der Waals surface area contributed by atoms with E-state index >= 15 is 0 Å². The molecule has 0 bridgehead atoms. The summed E-state index contributed by atoms with van der Waals surface area (Å²) in [6, 6.07) is 6.19. The van der Waals surface area contributed by atoms with E-state index in [-0.39, 0.29) is 36.1 Å². The Morgan fingerprint density at radius 1 is 1.19 bits per heavy atom. The van der Waals surface area contributed by atoms with Crippen molar-refractivity contribution in [2.24, 2.45) is 4.99 Å². The van der Waals surface area contributed by atoms with Gasteiger partial charge in [0.05, 0.1) is 26.9 Å². The number of methoxy groups -OCH3 is 1. The quantitative estimate of drug-likeness (QED) is 0.278. The van der Waals surface area contributed by atoms with Gasteiger partial charge in [0.15, 0.2) is 17.5 Å². The molecule has 8 nitrogen and oxygen atoms in total. The second-order valence-corrected chi connectivity index (χ2v) is 7.13. The zero-order valence-electron chi connectivity index (χ0n) is 19.1. The predicted molar refractivity (Wildman–Crippen MR) is 134 cm³/mol. The molecule has 0 radical (unpaired) electrons. The second-order valence-electron chi connectivity index (χ2n) is 7.13. The number of likely N-dealkylation sites (tertiary alicyclic amines) is 1. The van der Waals surface area contributed by atoms with E-state index in [2.05, 4.69) is 17.6 Å². The van der Waals surface area contributed by atoms with Crippen LogP contribution in [0.15, 0.2) is 23.2 Å². The lowest BCUT2D eigenvalue weighted by Crippen LogP contribution is -2.49. The first-order valence-electron chi connectivity index (χ1n) is 10.9. The largest absolute Gasteiger partial charge is 0.493 e. The number of benzene rings is 1. The summed E-state index contributed by atoms with van der Waals surface area (Å²) >= 11 is 0. The van der Waals surface area contributed by atoms with Crippen molar-refractivity contribution in [3.8, 4) is 11.5 Å². The molecule has 0 aliphatic carbocycles. The number of rotatable bonds is 9. The molecule has 0 saturated carbocycles. The molecule has 1 aromatic rings. The standard InChI is InChI=1S/C22H36N4O4.HI/c1-5-14-30-19-9-8-17(15-20(19)28-4)16-24-21(23-6-2)25-18-10-12-26(13-11-18)22(27)29-7-3;/h8-9,15,18H,5-7,10-14,16H2,1-4H3,(H2,23,24,25);1H. The zero-order valence-corrected chi connectivity index (χ0v) is 21.4. The molecule has 1 aliphatic heterocycles. The van der Waals surface area contributed by atoms with Crippen LogP contribution < -0.4 is 20.1 Å². The number of nitrogens with one attached hydrogen (secondary N) is 2. The van der Waals surface area contributed by atoms with E-state index in [4.69, 9.17) is 19.2 Å². The van der Waals surface area contributed by atoms with Crippen molar-refractivity contribution in [3.05, 3.63) is 23.8 Å². The summed E-state index contributed by atoms with van der Waals surface area (Å²) in [7, 11) is 1.65. The Labute approximate surface area is 203 Å². The molecule has 1 fully saturated rings. The normalized spacial score (nSPS) is 14.5. The van der Waals surface area contributed by atoms with Gasteiger partial charge in [-0.2, -0.15) is 0 Å². The molecular formula is C22H37IN4O4. The van der Waals surface area contributed by atoms with E-state index in [1.54, 1.807) is 12.0 Å². The fourth-order valence-corrected chi connectivity index (χ4v) is 3.25. The van der Waals surface area contributed by atoms with Gasteiger partial charge in [-0.1, -0.05) is 13.0 Å². The number of aliphatic imine (C=N–C) groups is 1. The van der Waals surface area contributed by atoms with Gasteiger partial charge >= 0.3 is 6.09 Å². The molecule has 0 aromatic heterocycles. The molecule has 1 heterocycles. The fraction of sp³-hybridized carbons (Fsp3) is 0.636. The number of piperidine rings is 1. The Morgan fingerprint density at radius 3 is 2.55 bits per heavy atom. The third kappa shape index (κ3) is 9.00. The van der Waals surface area contributed by atoms with Crippen molar-refractivity contribution < 1.29 is 19.0 Å². The smallest absolute Gasteiger partial charge is 0.409 e. The molecule has 1 saturated heterocycles. The van der Waals surface area contributed by atoms with E-state index < -0.39 is 0 Å². The minimum atomic E-state index is -0.225. The summed E-state index contributed by atoms with van der Waals surface area (Å²) in [5.74, 6) is 2.25. The maximum Gasteiger partial charge on any atom is 0.409 e. The first-order chi connectivity index (χ1) is 14.6. The highest BCUT2D eigenvalue weighted by Crippen LogP contribution is 2.28. The van der Waals surface area contributed by atoms with E-state index in [0.29, 0.717) is 32.8 Å². The molecule has 9 heteroatoms. The Morgan fingerprint density at radius 2 is 1.94 bits per heavy atom. The van der Waals surface area contributed by atoms with Gasteiger partial charge in [0, 0.05) is 25.7 Å². The van der Waals surface area contributed by atoms with Crippen molar-refractivity contribution in [1.82, 2.24) is 15.5 Å². The summed E-state index contributed by atoms with van der Waals surface area (Å²) in [5.41, 5.74) is 1.05. The predicted octanol–water partition coefficient (Wildman–Crippen LogP) is 3.78. The lowest BCUT2D eigenvalue weighted by molar-refractivity contribution is 0.0963. The van der Waals surface area contributed by atoms with Crippen LogP contribution >= 0.6 is 24.0 Å². The highest BCUT2D eigenvalue weighted by molar-refractivity contribution is 14.0. The van der Waals surface area contributed by atoms with Crippen LogP contribution in [-0.2, 0) is 11.3 Å². The number of hydrogen-bond donors (Lipinski definition) is 2. The molecule has 176 valence electrons. The van der Waals surface area contributed by atoms with Crippen LogP contribution in [0.5, 0.6) is 11.5 Å². The molecule has 0 unspecified atom stereocenters. The van der Waals surface area contributed by atoms with Crippen molar-refractivity contribution >= 4 is 36.0 Å². The first-order valence-corrected chi connectivity index (χ1v) is 10.9. The van der Waals surface area contributed by atoms with Gasteiger partial charge in [-0.15, -0.1) is 24.0 Å². The molecule has 0 atom stereocenters. The van der Waals surface area contributed by atoms with Crippen LogP contribution in [0.3, 0.4) is 0 Å². The highest BCUT2D eigenvalue weighted by Gasteiger charge is 2.24. The molecule has 1 aromatic carbocycles. The van der Waals surface area contributed by atoms with Crippen LogP contribution in [-0.4, -0.2) is 63.0 Å². The molecule has 1 amide bonds. The average molecular weight is 548 g/mol. The second kappa shape index (κ2) is 15.0. The minimum Gasteiger partial charge on any atom is -0.493 e. The number of nitrogens with zero attached hydrogens (tertiary/aromatic N) is 2. The molecular weight excluding hydrogens is 511 g/mol. The van der Waals surface area contributed by atoms with Crippen molar-refractivity contribution in [3.63, 3.8) is 0 Å². The summed E-state index contributed by atoms with van der Waals surface area (Å²) in [6.45, 7) is 9.70. The lowest BCUT2D eigenvalue weighted by Gasteiger charge is -2.32. The monoisotopic (exact) mass is 548 g/mol. The van der Waals surface area contributed by atoms with Gasteiger partial charge in [0.1, 0.15) is 0 Å². The van der Waals surface area contributed by atoms with Crippen LogP contribution in [0.25, 0.3) is 0 Å². The fourth-order valence-electron chi connectivity index (χ4n) is 3.25. The topological polar surface area (TPSA) is 84.4 Å². The van der Waals surface area contributed by atoms with Gasteiger partial charge in [-0.3, -0.25) is 0 Å². The summed E-state index contributed by atoms with van der Waals surface area (Å²) in [4.78, 5) is 18.3. The Bertz CT molecular complexity index is 694. The number of halogens is 1. The third-order valence-corrected chi connectivity index (χ3v) is 4.82. The van der Waals surface area contributed by atoms with Gasteiger partial charge in [-0.25, -0.2) is 9.79 Å². The Kier molecular flexibility index (Phi) is 13.1. The highest BCUT2D eigenvalue weighted by atomic mass is 127. The first kappa shape index (κ1) is 27.1. The molecule has 2 rings (SSSR count). The summed E-state index contributed by atoms with van der Waals surface area (Å²) in [6.07, 6.45) is 2.45. The number of carbonyl (C=O) groups is 1. The van der Waals surface area contributed by atoms with E-state index in [0.717, 1.165) is 48.8 Å². The van der Waals surface area contributed by atoms with Gasteiger partial charge in [-0.05, 0) is 50.8 Å². The molecule has 2 N–H and O–H groups in total. The molecule has 1 aliphatic rings. The summed E-state index contributed by atoms with van der Waals surface area (Å²) < 4.78 is 16.3. The number of carbonyl (C=O) groups excluding carboxylic acids is 1. The molecule has 0 spiro atoms. The van der Waals surface area contributed by atoms with Crippen molar-refractivity contribution in [1.29, 1.82) is 0 Å². The SMILES string of the molecule is CCCOc1ccc(CN=C(NCC)NC2CCN(C(=O)OCC)CC2)cc1OC.I. The third-order valence-electron chi connectivity index (χ3n) is 4.82. The van der Waals surface area contributed by atoms with Crippen molar-refractivity contribution in [2.75, 3.05) is 40.0 Å². The van der Waals surface area contributed by atoms with Crippen LogP contribution in [0.2, 0.25) is 0 Å². The number of guanidine groups is 1. The van der Waals surface area contributed by atoms with Gasteiger partial charge < -0.3 is 29.7 Å². The van der Waals surface area contributed by atoms with E-state index in [1.807, 2.05) is 32.0 Å².